The molecular weight excluding hydrogens is 144 g/mol. The number of rotatable bonds is 3. The summed E-state index contributed by atoms with van der Waals surface area (Å²) in [5.74, 6) is -1.06. The van der Waals surface area contributed by atoms with E-state index in [-0.39, 0.29) is 12.4 Å². The number of allylic oxidation sites excluding steroid dienone is 3. The van der Waals surface area contributed by atoms with Crippen LogP contribution in [-0.4, -0.2) is 17.7 Å². The molecule has 0 bridgehead atoms. The van der Waals surface area contributed by atoms with Crippen LogP contribution in [0.2, 0.25) is 0 Å². The summed E-state index contributed by atoms with van der Waals surface area (Å²) in [6.07, 6.45) is 4.56. The lowest BCUT2D eigenvalue weighted by Gasteiger charge is -1.97. The molecule has 0 radical (unpaired) electrons. The van der Waals surface area contributed by atoms with Crippen molar-refractivity contribution in [3.63, 3.8) is 0 Å². The minimum Gasteiger partial charge on any atom is -0.502 e. The molecule has 1 N–H and O–H groups in total. The van der Waals surface area contributed by atoms with E-state index in [4.69, 9.17) is 5.11 Å². The average molecular weight is 156 g/mol. The predicted molar refractivity (Wildman–Crippen MR) is 42.2 cm³/mol. The Balaban J connectivity index is 4.00. The molecule has 0 saturated heterocycles. The van der Waals surface area contributed by atoms with Crippen molar-refractivity contribution in [1.82, 2.24) is 0 Å². The number of carbonyl (C=O) groups is 1. The lowest BCUT2D eigenvalue weighted by atomic mass is 10.4. The smallest absolute Gasteiger partial charge is 0.373 e. The van der Waals surface area contributed by atoms with E-state index in [1.54, 1.807) is 26.0 Å². The zero-order valence-corrected chi connectivity index (χ0v) is 6.70. The average Bonchev–Trinajstić information content (AvgIpc) is 2.00. The normalized spacial score (nSPS) is 12.0. The van der Waals surface area contributed by atoms with E-state index in [0.717, 1.165) is 0 Å². The molecule has 0 aromatic rings. The molecule has 0 fully saturated rings. The molecule has 0 saturated carbocycles. The number of aliphatic hydroxyl groups is 1. The summed E-state index contributed by atoms with van der Waals surface area (Å²) in [6, 6.07) is 0. The molecule has 0 aromatic carbocycles. The van der Waals surface area contributed by atoms with Crippen molar-refractivity contribution in [2.24, 2.45) is 0 Å². The highest BCUT2D eigenvalue weighted by Crippen LogP contribution is 1.93. The third kappa shape index (κ3) is 4.19. The summed E-state index contributed by atoms with van der Waals surface area (Å²) in [5, 5.41) is 8.92. The van der Waals surface area contributed by atoms with Crippen LogP contribution in [-0.2, 0) is 9.53 Å². The summed E-state index contributed by atoms with van der Waals surface area (Å²) in [4.78, 5) is 10.7. The highest BCUT2D eigenvalue weighted by molar-refractivity contribution is 5.85. The Morgan fingerprint density at radius 3 is 2.73 bits per heavy atom. The fraction of sp³-hybridized carbons (Fsp3) is 0.375. The zero-order valence-electron chi connectivity index (χ0n) is 6.70. The maximum atomic E-state index is 10.7. The molecule has 0 aromatic heterocycles. The van der Waals surface area contributed by atoms with E-state index in [1.165, 1.54) is 6.08 Å². The van der Waals surface area contributed by atoms with Crippen molar-refractivity contribution in [3.8, 4) is 0 Å². The fourth-order valence-corrected chi connectivity index (χ4v) is 0.460. The van der Waals surface area contributed by atoms with E-state index in [2.05, 4.69) is 4.74 Å². The van der Waals surface area contributed by atoms with Gasteiger partial charge in [-0.05, 0) is 19.9 Å². The van der Waals surface area contributed by atoms with E-state index >= 15 is 0 Å². The second kappa shape index (κ2) is 5.53. The van der Waals surface area contributed by atoms with Crippen LogP contribution in [0.4, 0.5) is 0 Å². The first-order chi connectivity index (χ1) is 5.22. The first-order valence-corrected chi connectivity index (χ1v) is 3.41. The van der Waals surface area contributed by atoms with Crippen LogP contribution in [0, 0.1) is 0 Å². The molecule has 0 aliphatic heterocycles. The zero-order chi connectivity index (χ0) is 8.69. The Morgan fingerprint density at radius 2 is 2.27 bits per heavy atom. The van der Waals surface area contributed by atoms with Gasteiger partial charge in [-0.1, -0.05) is 12.2 Å². The van der Waals surface area contributed by atoms with E-state index in [9.17, 15) is 4.79 Å². The summed E-state index contributed by atoms with van der Waals surface area (Å²) in [5.41, 5.74) is 0. The van der Waals surface area contributed by atoms with Gasteiger partial charge in [0.05, 0.1) is 6.61 Å². The van der Waals surface area contributed by atoms with E-state index < -0.39 is 5.97 Å². The SMILES string of the molecule is CC=CC=C(O)C(=O)OCC. The second-order valence-electron chi connectivity index (χ2n) is 1.80. The molecule has 0 rings (SSSR count). The Morgan fingerprint density at radius 1 is 1.64 bits per heavy atom. The van der Waals surface area contributed by atoms with Gasteiger partial charge < -0.3 is 9.84 Å². The van der Waals surface area contributed by atoms with Crippen molar-refractivity contribution >= 4 is 5.97 Å². The maximum Gasteiger partial charge on any atom is 0.373 e. The third-order valence-corrected chi connectivity index (χ3v) is 0.931. The largest absolute Gasteiger partial charge is 0.502 e. The van der Waals surface area contributed by atoms with Gasteiger partial charge in [0.2, 0.25) is 5.76 Å². The van der Waals surface area contributed by atoms with Crippen molar-refractivity contribution in [2.75, 3.05) is 6.61 Å². The van der Waals surface area contributed by atoms with Gasteiger partial charge in [0.15, 0.2) is 0 Å². The first kappa shape index (κ1) is 9.75. The van der Waals surface area contributed by atoms with Crippen molar-refractivity contribution < 1.29 is 14.6 Å². The number of hydrogen-bond acceptors (Lipinski definition) is 3. The molecule has 62 valence electrons. The molecule has 0 aliphatic rings. The number of carbonyl (C=O) groups excluding carboxylic acids is 1. The third-order valence-electron chi connectivity index (χ3n) is 0.931. The number of esters is 1. The van der Waals surface area contributed by atoms with Crippen LogP contribution in [0.1, 0.15) is 13.8 Å². The van der Waals surface area contributed by atoms with Gasteiger partial charge >= 0.3 is 5.97 Å². The summed E-state index contributed by atoms with van der Waals surface area (Å²) in [6.45, 7) is 3.74. The van der Waals surface area contributed by atoms with Gasteiger partial charge in [-0.3, -0.25) is 0 Å². The molecule has 0 atom stereocenters. The maximum absolute atomic E-state index is 10.7. The van der Waals surface area contributed by atoms with Crippen LogP contribution in [0.5, 0.6) is 0 Å². The van der Waals surface area contributed by atoms with Gasteiger partial charge in [0.1, 0.15) is 0 Å². The molecule has 0 heterocycles. The summed E-state index contributed by atoms with van der Waals surface area (Å²) >= 11 is 0. The Kier molecular flexibility index (Phi) is 4.90. The first-order valence-electron chi connectivity index (χ1n) is 3.41. The number of ether oxygens (including phenoxy) is 1. The summed E-state index contributed by atoms with van der Waals surface area (Å²) in [7, 11) is 0. The molecule has 0 amide bonds. The van der Waals surface area contributed by atoms with Crippen LogP contribution < -0.4 is 0 Å². The van der Waals surface area contributed by atoms with Gasteiger partial charge in [-0.25, -0.2) is 4.79 Å². The van der Waals surface area contributed by atoms with Crippen LogP contribution >= 0.6 is 0 Å². The highest BCUT2D eigenvalue weighted by atomic mass is 16.5. The minimum absolute atomic E-state index is 0.270. The van der Waals surface area contributed by atoms with Gasteiger partial charge in [-0.15, -0.1) is 0 Å². The minimum atomic E-state index is -0.689. The lowest BCUT2D eigenvalue weighted by molar-refractivity contribution is -0.141. The molecular formula is C8H12O3. The van der Waals surface area contributed by atoms with Crippen LogP contribution in [0.15, 0.2) is 24.0 Å². The molecule has 3 nitrogen and oxygen atoms in total. The Bertz CT molecular complexity index is 180. The van der Waals surface area contributed by atoms with Crippen LogP contribution in [0.3, 0.4) is 0 Å². The molecule has 0 aliphatic carbocycles. The number of hydrogen-bond donors (Lipinski definition) is 1. The summed E-state index contributed by atoms with van der Waals surface area (Å²) < 4.78 is 4.51. The molecule has 3 heteroatoms. The Hall–Kier alpha value is -1.25. The predicted octanol–water partition coefficient (Wildman–Crippen LogP) is 1.57. The van der Waals surface area contributed by atoms with Crippen molar-refractivity contribution in [1.29, 1.82) is 0 Å². The van der Waals surface area contributed by atoms with E-state index in [0.29, 0.717) is 0 Å². The van der Waals surface area contributed by atoms with E-state index in [1.807, 2.05) is 0 Å². The Labute approximate surface area is 66.0 Å². The standard InChI is InChI=1S/C8H12O3/c1-3-5-6-7(9)8(10)11-4-2/h3,5-6,9H,4H2,1-2H3. The van der Waals surface area contributed by atoms with Crippen molar-refractivity contribution in [3.05, 3.63) is 24.0 Å². The monoisotopic (exact) mass is 156 g/mol. The fourth-order valence-electron chi connectivity index (χ4n) is 0.460. The number of aliphatic hydroxyl groups excluding tert-OH is 1. The second-order valence-corrected chi connectivity index (χ2v) is 1.80. The highest BCUT2D eigenvalue weighted by Gasteiger charge is 2.04. The molecule has 0 spiro atoms. The lowest BCUT2D eigenvalue weighted by Crippen LogP contribution is -2.06. The van der Waals surface area contributed by atoms with Gasteiger partial charge in [0, 0.05) is 0 Å². The van der Waals surface area contributed by atoms with Gasteiger partial charge in [-0.2, -0.15) is 0 Å². The van der Waals surface area contributed by atoms with Gasteiger partial charge in [0.25, 0.3) is 0 Å². The quantitative estimate of drug-likeness (QED) is 0.292. The topological polar surface area (TPSA) is 46.5 Å². The van der Waals surface area contributed by atoms with Crippen LogP contribution in [0.25, 0.3) is 0 Å². The molecule has 0 unspecified atom stereocenters. The molecule has 11 heavy (non-hydrogen) atoms. The van der Waals surface area contributed by atoms with Crippen molar-refractivity contribution in [2.45, 2.75) is 13.8 Å².